The zero-order chi connectivity index (χ0) is 15.9. The van der Waals surface area contributed by atoms with Crippen LogP contribution in [-0.2, 0) is 0 Å². The Bertz CT molecular complexity index is 659. The number of aryl methyl sites for hydroxylation is 2. The fraction of sp³-hybridized carbons (Fsp3) is 0.235. The monoisotopic (exact) mass is 302 g/mol. The first-order chi connectivity index (χ1) is 10.6. The van der Waals surface area contributed by atoms with E-state index >= 15 is 0 Å². The van der Waals surface area contributed by atoms with Crippen molar-refractivity contribution in [1.29, 1.82) is 0 Å². The highest BCUT2D eigenvalue weighted by Gasteiger charge is 2.04. The Morgan fingerprint density at radius 3 is 2.64 bits per heavy atom. The van der Waals surface area contributed by atoms with Crippen LogP contribution in [-0.4, -0.2) is 19.2 Å². The van der Waals surface area contributed by atoms with Crippen LogP contribution in [0.2, 0.25) is 0 Å². The maximum atomic E-state index is 13.3. The van der Waals surface area contributed by atoms with Crippen LogP contribution in [0.5, 0.6) is 5.75 Å². The Morgan fingerprint density at radius 1 is 1.14 bits per heavy atom. The average Bonchev–Trinajstić information content (AvgIpc) is 2.49. The van der Waals surface area contributed by atoms with Gasteiger partial charge in [0.1, 0.15) is 6.61 Å². The molecule has 0 heterocycles. The van der Waals surface area contributed by atoms with E-state index < -0.39 is 5.82 Å². The minimum absolute atomic E-state index is 0.180. The van der Waals surface area contributed by atoms with Gasteiger partial charge < -0.3 is 15.4 Å². The molecule has 2 rings (SSSR count). The second-order valence-corrected chi connectivity index (χ2v) is 4.96. The predicted molar refractivity (Wildman–Crippen MR) is 84.8 cm³/mol. The molecule has 22 heavy (non-hydrogen) atoms. The van der Waals surface area contributed by atoms with Gasteiger partial charge in [-0.2, -0.15) is 0 Å². The van der Waals surface area contributed by atoms with Crippen LogP contribution in [0, 0.1) is 19.7 Å². The first-order valence-corrected chi connectivity index (χ1v) is 7.05. The van der Waals surface area contributed by atoms with Crippen LogP contribution in [0.15, 0.2) is 42.5 Å². The molecule has 2 aromatic carbocycles. The molecule has 116 valence electrons. The van der Waals surface area contributed by atoms with Crippen molar-refractivity contribution >= 4 is 11.7 Å². The number of anilines is 1. The van der Waals surface area contributed by atoms with Crippen LogP contribution < -0.4 is 15.4 Å². The fourth-order valence-corrected chi connectivity index (χ4v) is 1.88. The third kappa shape index (κ3) is 4.48. The maximum Gasteiger partial charge on any atom is 0.319 e. The van der Waals surface area contributed by atoms with Crippen molar-refractivity contribution in [3.63, 3.8) is 0 Å². The first-order valence-electron chi connectivity index (χ1n) is 7.05. The smallest absolute Gasteiger partial charge is 0.319 e. The lowest BCUT2D eigenvalue weighted by Gasteiger charge is -2.10. The number of halogens is 1. The van der Waals surface area contributed by atoms with Gasteiger partial charge in [0.25, 0.3) is 0 Å². The van der Waals surface area contributed by atoms with E-state index in [-0.39, 0.29) is 24.9 Å². The number of nitrogens with one attached hydrogen (secondary N) is 2. The Hall–Kier alpha value is -2.56. The third-order valence-electron chi connectivity index (χ3n) is 3.25. The summed E-state index contributed by atoms with van der Waals surface area (Å²) in [5, 5.41) is 5.40. The largest absolute Gasteiger partial charge is 0.489 e. The predicted octanol–water partition coefficient (Wildman–Crippen LogP) is 3.64. The molecule has 4 nitrogen and oxygen atoms in total. The molecule has 2 N–H and O–H groups in total. The maximum absolute atomic E-state index is 13.3. The van der Waals surface area contributed by atoms with Gasteiger partial charge in [-0.1, -0.05) is 18.2 Å². The normalized spacial score (nSPS) is 10.1. The Morgan fingerprint density at radius 2 is 1.91 bits per heavy atom. The van der Waals surface area contributed by atoms with Gasteiger partial charge in [0.05, 0.1) is 6.54 Å². The fourth-order valence-electron chi connectivity index (χ4n) is 1.88. The summed E-state index contributed by atoms with van der Waals surface area (Å²) < 4.78 is 18.6. The summed E-state index contributed by atoms with van der Waals surface area (Å²) in [5.74, 6) is -0.235. The summed E-state index contributed by atoms with van der Waals surface area (Å²) >= 11 is 0. The molecule has 0 unspecified atom stereocenters. The highest BCUT2D eigenvalue weighted by Crippen LogP contribution is 2.15. The molecule has 0 aliphatic heterocycles. The number of hydrogen-bond acceptors (Lipinski definition) is 2. The van der Waals surface area contributed by atoms with E-state index in [9.17, 15) is 9.18 Å². The van der Waals surface area contributed by atoms with Crippen LogP contribution in [0.25, 0.3) is 0 Å². The molecule has 0 radical (unpaired) electrons. The summed E-state index contributed by atoms with van der Waals surface area (Å²) in [6.45, 7) is 4.48. The number of urea groups is 1. The zero-order valence-electron chi connectivity index (χ0n) is 12.7. The zero-order valence-corrected chi connectivity index (χ0v) is 12.7. The van der Waals surface area contributed by atoms with Crippen LogP contribution >= 0.6 is 0 Å². The second kappa shape index (κ2) is 7.45. The topological polar surface area (TPSA) is 50.4 Å². The summed E-state index contributed by atoms with van der Waals surface area (Å²) in [6, 6.07) is 11.5. The molecule has 0 bridgehead atoms. The van der Waals surface area contributed by atoms with Gasteiger partial charge in [-0.05, 0) is 49.2 Å². The lowest BCUT2D eigenvalue weighted by molar-refractivity contribution is 0.246. The third-order valence-corrected chi connectivity index (χ3v) is 3.25. The summed E-state index contributed by atoms with van der Waals surface area (Å²) in [6.07, 6.45) is 0. The van der Waals surface area contributed by atoms with E-state index in [4.69, 9.17) is 4.74 Å². The van der Waals surface area contributed by atoms with Gasteiger partial charge in [-0.25, -0.2) is 9.18 Å². The summed E-state index contributed by atoms with van der Waals surface area (Å²) in [4.78, 5) is 11.7. The number of rotatable bonds is 5. The minimum Gasteiger partial charge on any atom is -0.489 e. The number of ether oxygens (including phenoxy) is 1. The summed E-state index contributed by atoms with van der Waals surface area (Å²) in [7, 11) is 0. The molecule has 2 amide bonds. The molecule has 2 aromatic rings. The molecule has 0 saturated heterocycles. The Labute approximate surface area is 129 Å². The van der Waals surface area contributed by atoms with E-state index in [2.05, 4.69) is 10.6 Å². The van der Waals surface area contributed by atoms with E-state index in [0.717, 1.165) is 11.3 Å². The number of hydrogen-bond donors (Lipinski definition) is 2. The highest BCUT2D eigenvalue weighted by molar-refractivity contribution is 5.89. The molecular weight excluding hydrogens is 283 g/mol. The van der Waals surface area contributed by atoms with Crippen molar-refractivity contribution in [2.24, 2.45) is 0 Å². The van der Waals surface area contributed by atoms with E-state index in [1.54, 1.807) is 18.2 Å². The quantitative estimate of drug-likeness (QED) is 0.828. The van der Waals surface area contributed by atoms with Gasteiger partial charge in [-0.3, -0.25) is 0 Å². The van der Waals surface area contributed by atoms with Gasteiger partial charge >= 0.3 is 6.03 Å². The Kier molecular flexibility index (Phi) is 5.36. The van der Waals surface area contributed by atoms with Gasteiger partial charge in [0.15, 0.2) is 11.6 Å². The van der Waals surface area contributed by atoms with Crippen molar-refractivity contribution in [3.05, 3.63) is 59.4 Å². The summed E-state index contributed by atoms with van der Waals surface area (Å²) in [5.41, 5.74) is 3.01. The van der Waals surface area contributed by atoms with Gasteiger partial charge in [-0.15, -0.1) is 0 Å². The van der Waals surface area contributed by atoms with Crippen molar-refractivity contribution in [2.75, 3.05) is 18.5 Å². The molecular formula is C17H19FN2O2. The van der Waals surface area contributed by atoms with Gasteiger partial charge in [0, 0.05) is 5.69 Å². The van der Waals surface area contributed by atoms with E-state index in [1.165, 1.54) is 11.6 Å². The van der Waals surface area contributed by atoms with Crippen molar-refractivity contribution < 1.29 is 13.9 Å². The van der Waals surface area contributed by atoms with E-state index in [1.807, 2.05) is 32.0 Å². The number of para-hydroxylation sites is 1. The van der Waals surface area contributed by atoms with E-state index in [0.29, 0.717) is 0 Å². The minimum atomic E-state index is -0.415. The van der Waals surface area contributed by atoms with Crippen molar-refractivity contribution in [3.8, 4) is 5.75 Å². The van der Waals surface area contributed by atoms with Crippen LogP contribution in [0.1, 0.15) is 11.1 Å². The van der Waals surface area contributed by atoms with Crippen LogP contribution in [0.4, 0.5) is 14.9 Å². The molecule has 5 heteroatoms. The number of amides is 2. The standard InChI is InChI=1S/C17H19FN2O2/c1-12-7-8-14(11-13(12)2)20-17(21)19-9-10-22-16-6-4-3-5-15(16)18/h3-8,11H,9-10H2,1-2H3,(H2,19,20,21). The molecule has 0 saturated carbocycles. The number of carbonyl (C=O) groups is 1. The molecule has 0 aromatic heterocycles. The van der Waals surface area contributed by atoms with Gasteiger partial charge in [0.2, 0.25) is 0 Å². The average molecular weight is 302 g/mol. The molecule has 0 atom stereocenters. The highest BCUT2D eigenvalue weighted by atomic mass is 19.1. The molecule has 0 spiro atoms. The lowest BCUT2D eigenvalue weighted by atomic mass is 10.1. The molecule has 0 aliphatic carbocycles. The SMILES string of the molecule is Cc1ccc(NC(=O)NCCOc2ccccc2F)cc1C. The second-order valence-electron chi connectivity index (χ2n) is 4.96. The molecule has 0 aliphatic rings. The Balaban J connectivity index is 1.74. The van der Waals surface area contributed by atoms with Crippen molar-refractivity contribution in [1.82, 2.24) is 5.32 Å². The number of benzene rings is 2. The van der Waals surface area contributed by atoms with Crippen LogP contribution in [0.3, 0.4) is 0 Å². The molecule has 0 fully saturated rings. The number of carbonyl (C=O) groups excluding carboxylic acids is 1. The van der Waals surface area contributed by atoms with Crippen molar-refractivity contribution in [2.45, 2.75) is 13.8 Å². The lowest BCUT2D eigenvalue weighted by Crippen LogP contribution is -2.32. The first kappa shape index (κ1) is 15.8.